The number of likely N-dealkylation sites (tertiary alicyclic amines) is 1. The van der Waals surface area contributed by atoms with Gasteiger partial charge < -0.3 is 16.0 Å². The van der Waals surface area contributed by atoms with E-state index in [0.29, 0.717) is 13.0 Å². The van der Waals surface area contributed by atoms with Crippen molar-refractivity contribution in [3.8, 4) is 0 Å². The van der Waals surface area contributed by atoms with Gasteiger partial charge in [-0.2, -0.15) is 0 Å². The first kappa shape index (κ1) is 11.5. The molecule has 4 nitrogen and oxygen atoms in total. The van der Waals surface area contributed by atoms with Crippen LogP contribution in [0.15, 0.2) is 0 Å². The summed E-state index contributed by atoms with van der Waals surface area (Å²) in [4.78, 5) is 13.6. The molecule has 4 heteroatoms. The third kappa shape index (κ3) is 4.58. The predicted molar refractivity (Wildman–Crippen MR) is 57.0 cm³/mol. The molecule has 1 saturated heterocycles. The smallest absolute Gasteiger partial charge is 0.221 e. The van der Waals surface area contributed by atoms with Crippen molar-refractivity contribution >= 4 is 5.91 Å². The molecule has 0 unspecified atom stereocenters. The van der Waals surface area contributed by atoms with Gasteiger partial charge in [-0.05, 0) is 38.9 Å². The lowest BCUT2D eigenvalue weighted by Gasteiger charge is -2.13. The molecule has 0 radical (unpaired) electrons. The van der Waals surface area contributed by atoms with Gasteiger partial charge in [-0.1, -0.05) is 0 Å². The van der Waals surface area contributed by atoms with Gasteiger partial charge in [-0.15, -0.1) is 0 Å². The fraction of sp³-hybridized carbons (Fsp3) is 0.900. The topological polar surface area (TPSA) is 58.4 Å². The van der Waals surface area contributed by atoms with Crippen LogP contribution in [0.25, 0.3) is 0 Å². The summed E-state index contributed by atoms with van der Waals surface area (Å²) >= 11 is 0. The maximum atomic E-state index is 11.3. The average Bonchev–Trinajstić information content (AvgIpc) is 2.68. The normalized spacial score (nSPS) is 17.2. The number of hydrogen-bond donors (Lipinski definition) is 2. The minimum absolute atomic E-state index is 0.158. The molecule has 0 aromatic rings. The summed E-state index contributed by atoms with van der Waals surface area (Å²) < 4.78 is 0. The Morgan fingerprint density at radius 2 is 2.07 bits per heavy atom. The van der Waals surface area contributed by atoms with Crippen molar-refractivity contribution < 1.29 is 4.79 Å². The molecule has 14 heavy (non-hydrogen) atoms. The molecule has 1 rings (SSSR count). The van der Waals surface area contributed by atoms with Gasteiger partial charge in [0.05, 0.1) is 0 Å². The van der Waals surface area contributed by atoms with Crippen LogP contribution >= 0.6 is 0 Å². The molecular formula is C10H21N3O. The maximum absolute atomic E-state index is 11.3. The Balaban J connectivity index is 1.96. The Hall–Kier alpha value is -0.610. The molecule has 0 spiro atoms. The van der Waals surface area contributed by atoms with Gasteiger partial charge in [0.15, 0.2) is 0 Å². The van der Waals surface area contributed by atoms with E-state index in [1.54, 1.807) is 0 Å². The maximum Gasteiger partial charge on any atom is 0.221 e. The second kappa shape index (κ2) is 6.79. The minimum Gasteiger partial charge on any atom is -0.356 e. The summed E-state index contributed by atoms with van der Waals surface area (Å²) in [5, 5.41) is 2.86. The summed E-state index contributed by atoms with van der Waals surface area (Å²) in [7, 11) is 0. The highest BCUT2D eigenvalue weighted by atomic mass is 16.1. The molecule has 1 aliphatic heterocycles. The van der Waals surface area contributed by atoms with Crippen molar-refractivity contribution in [3.05, 3.63) is 0 Å². The number of carbonyl (C=O) groups excluding carboxylic acids is 1. The standard InChI is InChI=1S/C10H21N3O/c11-5-3-6-12-10(14)4-9-13-7-1-2-8-13/h1-9,11H2,(H,12,14). The Kier molecular flexibility index (Phi) is 5.56. The fourth-order valence-electron chi connectivity index (χ4n) is 1.68. The number of nitrogens with one attached hydrogen (secondary N) is 1. The first-order valence-electron chi connectivity index (χ1n) is 5.52. The molecule has 0 aromatic heterocycles. The first-order chi connectivity index (χ1) is 6.83. The van der Waals surface area contributed by atoms with Crippen LogP contribution in [0.4, 0.5) is 0 Å². The van der Waals surface area contributed by atoms with Crippen molar-refractivity contribution in [2.75, 3.05) is 32.7 Å². The van der Waals surface area contributed by atoms with Gasteiger partial charge in [-0.25, -0.2) is 0 Å². The van der Waals surface area contributed by atoms with Crippen LogP contribution in [0.1, 0.15) is 25.7 Å². The van der Waals surface area contributed by atoms with E-state index in [0.717, 1.165) is 32.6 Å². The van der Waals surface area contributed by atoms with Crippen LogP contribution in [0.2, 0.25) is 0 Å². The first-order valence-corrected chi connectivity index (χ1v) is 5.52. The predicted octanol–water partition coefficient (Wildman–Crippen LogP) is -0.0627. The van der Waals surface area contributed by atoms with Crippen molar-refractivity contribution in [3.63, 3.8) is 0 Å². The number of nitrogens with two attached hydrogens (primary N) is 1. The van der Waals surface area contributed by atoms with E-state index in [-0.39, 0.29) is 5.91 Å². The molecule has 1 aliphatic rings. The van der Waals surface area contributed by atoms with E-state index >= 15 is 0 Å². The van der Waals surface area contributed by atoms with Crippen LogP contribution in [-0.2, 0) is 4.79 Å². The Morgan fingerprint density at radius 1 is 1.36 bits per heavy atom. The Labute approximate surface area is 85.8 Å². The highest BCUT2D eigenvalue weighted by molar-refractivity contribution is 5.75. The van der Waals surface area contributed by atoms with E-state index < -0.39 is 0 Å². The average molecular weight is 199 g/mol. The lowest BCUT2D eigenvalue weighted by molar-refractivity contribution is -0.121. The van der Waals surface area contributed by atoms with Crippen LogP contribution < -0.4 is 11.1 Å². The summed E-state index contributed by atoms with van der Waals surface area (Å²) in [5.74, 6) is 0.158. The molecule has 0 atom stereocenters. The Morgan fingerprint density at radius 3 is 2.71 bits per heavy atom. The molecule has 0 aromatic carbocycles. The zero-order valence-electron chi connectivity index (χ0n) is 8.80. The zero-order chi connectivity index (χ0) is 10.2. The van der Waals surface area contributed by atoms with Crippen molar-refractivity contribution in [1.82, 2.24) is 10.2 Å². The van der Waals surface area contributed by atoms with Crippen LogP contribution in [0.3, 0.4) is 0 Å². The third-order valence-electron chi connectivity index (χ3n) is 2.56. The van der Waals surface area contributed by atoms with Gasteiger partial charge >= 0.3 is 0 Å². The monoisotopic (exact) mass is 199 g/mol. The van der Waals surface area contributed by atoms with E-state index in [9.17, 15) is 4.79 Å². The number of hydrogen-bond acceptors (Lipinski definition) is 3. The number of rotatable bonds is 6. The third-order valence-corrected chi connectivity index (χ3v) is 2.56. The van der Waals surface area contributed by atoms with E-state index in [1.165, 1.54) is 12.8 Å². The molecule has 0 saturated carbocycles. The van der Waals surface area contributed by atoms with Crippen molar-refractivity contribution in [1.29, 1.82) is 0 Å². The summed E-state index contributed by atoms with van der Waals surface area (Å²) in [6, 6.07) is 0. The SMILES string of the molecule is NCCCNC(=O)CCN1CCCC1. The molecule has 0 bridgehead atoms. The molecule has 1 amide bonds. The summed E-state index contributed by atoms with van der Waals surface area (Å²) in [6.45, 7) is 4.60. The van der Waals surface area contributed by atoms with Crippen LogP contribution in [0.5, 0.6) is 0 Å². The number of amides is 1. The van der Waals surface area contributed by atoms with Gasteiger partial charge in [0.2, 0.25) is 5.91 Å². The van der Waals surface area contributed by atoms with Crippen molar-refractivity contribution in [2.24, 2.45) is 5.73 Å². The highest BCUT2D eigenvalue weighted by Crippen LogP contribution is 2.06. The number of nitrogens with zero attached hydrogens (tertiary/aromatic N) is 1. The quantitative estimate of drug-likeness (QED) is 0.589. The molecule has 1 heterocycles. The highest BCUT2D eigenvalue weighted by Gasteiger charge is 2.12. The molecular weight excluding hydrogens is 178 g/mol. The molecule has 1 fully saturated rings. The van der Waals surface area contributed by atoms with Gasteiger partial charge in [0.1, 0.15) is 0 Å². The minimum atomic E-state index is 0.158. The summed E-state index contributed by atoms with van der Waals surface area (Å²) in [6.07, 6.45) is 4.07. The van der Waals surface area contributed by atoms with E-state index in [1.807, 2.05) is 0 Å². The lowest BCUT2D eigenvalue weighted by atomic mass is 10.3. The van der Waals surface area contributed by atoms with Crippen molar-refractivity contribution in [2.45, 2.75) is 25.7 Å². The number of carbonyl (C=O) groups is 1. The van der Waals surface area contributed by atoms with Gasteiger partial charge in [0.25, 0.3) is 0 Å². The van der Waals surface area contributed by atoms with Crippen LogP contribution in [-0.4, -0.2) is 43.5 Å². The largest absolute Gasteiger partial charge is 0.356 e. The van der Waals surface area contributed by atoms with E-state index in [4.69, 9.17) is 5.73 Å². The Bertz CT molecular complexity index is 167. The van der Waals surface area contributed by atoms with Gasteiger partial charge in [-0.3, -0.25) is 4.79 Å². The molecule has 3 N–H and O–H groups in total. The summed E-state index contributed by atoms with van der Waals surface area (Å²) in [5.41, 5.74) is 5.33. The second-order valence-electron chi connectivity index (χ2n) is 3.79. The van der Waals surface area contributed by atoms with Crippen LogP contribution in [0, 0.1) is 0 Å². The fourth-order valence-corrected chi connectivity index (χ4v) is 1.68. The zero-order valence-corrected chi connectivity index (χ0v) is 8.80. The lowest BCUT2D eigenvalue weighted by Crippen LogP contribution is -2.30. The molecule has 0 aliphatic carbocycles. The molecule has 82 valence electrons. The second-order valence-corrected chi connectivity index (χ2v) is 3.79. The van der Waals surface area contributed by atoms with E-state index in [2.05, 4.69) is 10.2 Å². The van der Waals surface area contributed by atoms with Gasteiger partial charge in [0, 0.05) is 19.5 Å².